The minimum Gasteiger partial charge on any atom is -0.452 e. The molecule has 0 unspecified atom stereocenters. The lowest BCUT2D eigenvalue weighted by Gasteiger charge is -2.17. The van der Waals surface area contributed by atoms with Gasteiger partial charge in [-0.1, -0.05) is 30.3 Å². The Morgan fingerprint density at radius 2 is 1.77 bits per heavy atom. The van der Waals surface area contributed by atoms with E-state index in [4.69, 9.17) is 4.74 Å². The zero-order valence-electron chi connectivity index (χ0n) is 16.4. The highest BCUT2D eigenvalue weighted by Gasteiger charge is 2.21. The van der Waals surface area contributed by atoms with Crippen LogP contribution in [0.4, 0.5) is 10.1 Å². The topological polar surface area (TPSA) is 92.8 Å². The molecule has 0 aliphatic heterocycles. The number of halogens is 1. The van der Waals surface area contributed by atoms with Crippen molar-refractivity contribution in [3.8, 4) is 0 Å². The number of likely N-dealkylation sites (N-methyl/N-ethyl adjacent to an activating group) is 1. The molecule has 0 saturated heterocycles. The highest BCUT2D eigenvalue weighted by molar-refractivity contribution is 7.94. The Balaban J connectivity index is 1.63. The van der Waals surface area contributed by atoms with Crippen LogP contribution in [0.5, 0.6) is 0 Å². The van der Waals surface area contributed by atoms with Crippen molar-refractivity contribution in [1.82, 2.24) is 4.90 Å². The van der Waals surface area contributed by atoms with Gasteiger partial charge in [-0.05, 0) is 41.3 Å². The molecule has 0 spiro atoms. The lowest BCUT2D eigenvalue weighted by atomic mass is 10.2. The minimum absolute atomic E-state index is 0.0170. The van der Waals surface area contributed by atoms with E-state index < -0.39 is 28.5 Å². The number of esters is 1. The molecule has 2 aromatic carbocycles. The zero-order valence-corrected chi connectivity index (χ0v) is 18.1. The molecule has 1 heterocycles. The summed E-state index contributed by atoms with van der Waals surface area (Å²) in [4.78, 5) is 26.1. The maximum absolute atomic E-state index is 13.0. The SMILES string of the molecule is CN(Cc1ccc(F)cc1)C(=O)COC(=O)c1ccccc1NS(=O)(=O)c1cccs1. The third-order valence-corrected chi connectivity index (χ3v) is 7.00. The van der Waals surface area contributed by atoms with Gasteiger partial charge >= 0.3 is 5.97 Å². The Bertz CT molecular complexity index is 1160. The Morgan fingerprint density at radius 1 is 1.06 bits per heavy atom. The fourth-order valence-corrected chi connectivity index (χ4v) is 4.70. The summed E-state index contributed by atoms with van der Waals surface area (Å²) < 4.78 is 45.5. The van der Waals surface area contributed by atoms with Crippen molar-refractivity contribution in [2.24, 2.45) is 0 Å². The van der Waals surface area contributed by atoms with Gasteiger partial charge in [0.25, 0.3) is 15.9 Å². The lowest BCUT2D eigenvalue weighted by Crippen LogP contribution is -2.31. The third kappa shape index (κ3) is 5.89. The van der Waals surface area contributed by atoms with Gasteiger partial charge in [0, 0.05) is 13.6 Å². The number of carbonyl (C=O) groups excluding carboxylic acids is 2. The van der Waals surface area contributed by atoms with Gasteiger partial charge in [-0.15, -0.1) is 11.3 Å². The molecule has 1 aromatic heterocycles. The van der Waals surface area contributed by atoms with Crippen molar-refractivity contribution in [3.05, 3.63) is 83.0 Å². The first-order valence-electron chi connectivity index (χ1n) is 9.07. The molecule has 0 atom stereocenters. The second kappa shape index (κ2) is 9.71. The molecular weight excluding hydrogens is 443 g/mol. The fraction of sp³-hybridized carbons (Fsp3) is 0.143. The number of para-hydroxylation sites is 1. The summed E-state index contributed by atoms with van der Waals surface area (Å²) in [5.74, 6) is -1.68. The Morgan fingerprint density at radius 3 is 2.45 bits per heavy atom. The molecule has 1 N–H and O–H groups in total. The van der Waals surface area contributed by atoms with E-state index in [1.165, 1.54) is 42.3 Å². The van der Waals surface area contributed by atoms with Gasteiger partial charge in [0.2, 0.25) is 0 Å². The fourth-order valence-electron chi connectivity index (χ4n) is 2.63. The van der Waals surface area contributed by atoms with Gasteiger partial charge in [0.1, 0.15) is 10.0 Å². The predicted molar refractivity (Wildman–Crippen MR) is 115 cm³/mol. The average Bonchev–Trinajstić information content (AvgIpc) is 3.29. The molecule has 0 bridgehead atoms. The largest absolute Gasteiger partial charge is 0.452 e. The number of benzene rings is 2. The normalized spacial score (nSPS) is 11.0. The van der Waals surface area contributed by atoms with Crippen LogP contribution in [0.25, 0.3) is 0 Å². The van der Waals surface area contributed by atoms with Gasteiger partial charge in [-0.3, -0.25) is 9.52 Å². The highest BCUT2D eigenvalue weighted by Crippen LogP contribution is 2.23. The summed E-state index contributed by atoms with van der Waals surface area (Å²) in [6.07, 6.45) is 0. The van der Waals surface area contributed by atoms with Gasteiger partial charge in [0.05, 0.1) is 11.3 Å². The number of rotatable bonds is 8. The molecule has 0 radical (unpaired) electrons. The highest BCUT2D eigenvalue weighted by atomic mass is 32.2. The number of sulfonamides is 1. The first-order chi connectivity index (χ1) is 14.8. The molecule has 162 valence electrons. The lowest BCUT2D eigenvalue weighted by molar-refractivity contribution is -0.133. The first kappa shape index (κ1) is 22.4. The molecule has 10 heteroatoms. The molecule has 7 nitrogen and oxygen atoms in total. The summed E-state index contributed by atoms with van der Waals surface area (Å²) in [5.41, 5.74) is 0.751. The van der Waals surface area contributed by atoms with Crippen LogP contribution in [0.1, 0.15) is 15.9 Å². The van der Waals surface area contributed by atoms with Gasteiger partial charge in [-0.25, -0.2) is 17.6 Å². The summed E-state index contributed by atoms with van der Waals surface area (Å²) in [7, 11) is -2.32. The standard InChI is InChI=1S/C21H19FN2O5S2/c1-24(13-15-8-10-16(22)11-9-15)19(25)14-29-21(26)17-5-2-3-6-18(17)23-31(27,28)20-7-4-12-30-20/h2-12,23H,13-14H2,1H3. The second-order valence-corrected chi connectivity index (χ2v) is 9.39. The van der Waals surface area contributed by atoms with E-state index in [0.717, 1.165) is 16.9 Å². The zero-order chi connectivity index (χ0) is 22.4. The van der Waals surface area contributed by atoms with E-state index in [-0.39, 0.29) is 27.8 Å². The van der Waals surface area contributed by atoms with Crippen molar-refractivity contribution >= 4 is 38.9 Å². The number of anilines is 1. The number of hydrogen-bond donors (Lipinski definition) is 1. The molecule has 0 saturated carbocycles. The average molecular weight is 463 g/mol. The van der Waals surface area contributed by atoms with Crippen molar-refractivity contribution < 1.29 is 27.1 Å². The smallest absolute Gasteiger partial charge is 0.340 e. The predicted octanol–water partition coefficient (Wildman–Crippen LogP) is 3.50. The van der Waals surface area contributed by atoms with Crippen LogP contribution in [-0.2, 0) is 26.1 Å². The minimum atomic E-state index is -3.85. The molecule has 0 aliphatic carbocycles. The van der Waals surface area contributed by atoms with Gasteiger partial charge in [-0.2, -0.15) is 0 Å². The van der Waals surface area contributed by atoms with E-state index in [2.05, 4.69) is 4.72 Å². The number of nitrogens with zero attached hydrogens (tertiary/aromatic N) is 1. The number of nitrogens with one attached hydrogen (secondary N) is 1. The van der Waals surface area contributed by atoms with E-state index in [1.54, 1.807) is 35.7 Å². The Labute approximate surface area is 183 Å². The number of carbonyl (C=O) groups is 2. The molecule has 3 rings (SSSR count). The van der Waals surface area contributed by atoms with E-state index >= 15 is 0 Å². The molecule has 0 aliphatic rings. The maximum atomic E-state index is 13.0. The van der Waals surface area contributed by atoms with Crippen LogP contribution >= 0.6 is 11.3 Å². The van der Waals surface area contributed by atoms with Crippen LogP contribution in [-0.4, -0.2) is 38.8 Å². The van der Waals surface area contributed by atoms with Crippen molar-refractivity contribution in [2.45, 2.75) is 10.8 Å². The molecule has 3 aromatic rings. The van der Waals surface area contributed by atoms with E-state index in [1.807, 2.05) is 0 Å². The monoisotopic (exact) mass is 462 g/mol. The van der Waals surface area contributed by atoms with Crippen LogP contribution < -0.4 is 4.72 Å². The summed E-state index contributed by atoms with van der Waals surface area (Å²) >= 11 is 1.04. The van der Waals surface area contributed by atoms with Crippen LogP contribution in [0.2, 0.25) is 0 Å². The molecule has 0 fully saturated rings. The van der Waals surface area contributed by atoms with Crippen molar-refractivity contribution in [1.29, 1.82) is 0 Å². The summed E-state index contributed by atoms with van der Waals surface area (Å²) in [6.45, 7) is -0.309. The van der Waals surface area contributed by atoms with Crippen LogP contribution in [0, 0.1) is 5.82 Å². The number of ether oxygens (including phenoxy) is 1. The number of thiophene rings is 1. The van der Waals surface area contributed by atoms with E-state index in [0.29, 0.717) is 0 Å². The third-order valence-electron chi connectivity index (χ3n) is 4.24. The van der Waals surface area contributed by atoms with E-state index in [9.17, 15) is 22.4 Å². The summed E-state index contributed by atoms with van der Waals surface area (Å²) in [6, 6.07) is 14.7. The van der Waals surface area contributed by atoms with Gasteiger partial charge in [0.15, 0.2) is 6.61 Å². The molecule has 1 amide bonds. The number of amides is 1. The Kier molecular flexibility index (Phi) is 7.03. The van der Waals surface area contributed by atoms with Gasteiger partial charge < -0.3 is 9.64 Å². The van der Waals surface area contributed by atoms with Crippen LogP contribution in [0.15, 0.2) is 70.3 Å². The van der Waals surface area contributed by atoms with Crippen LogP contribution in [0.3, 0.4) is 0 Å². The molecular formula is C21H19FN2O5S2. The quantitative estimate of drug-likeness (QED) is 0.517. The summed E-state index contributed by atoms with van der Waals surface area (Å²) in [5, 5.41) is 1.63. The number of hydrogen-bond acceptors (Lipinski definition) is 6. The van der Waals surface area contributed by atoms with Crippen molar-refractivity contribution in [2.75, 3.05) is 18.4 Å². The Hall–Kier alpha value is -3.24. The maximum Gasteiger partial charge on any atom is 0.340 e. The molecule has 31 heavy (non-hydrogen) atoms. The second-order valence-electron chi connectivity index (χ2n) is 6.54. The van der Waals surface area contributed by atoms with Crippen molar-refractivity contribution in [3.63, 3.8) is 0 Å². The first-order valence-corrected chi connectivity index (χ1v) is 11.4.